The molecular weight excluding hydrogens is 394 g/mol. The van der Waals surface area contributed by atoms with Crippen molar-refractivity contribution in [2.24, 2.45) is 0 Å². The molecular formula is C18H17BrClNO3. The van der Waals surface area contributed by atoms with Crippen molar-refractivity contribution in [1.82, 2.24) is 5.32 Å². The Balaban J connectivity index is 1.69. The molecule has 1 aliphatic heterocycles. The van der Waals surface area contributed by atoms with Crippen LogP contribution in [-0.2, 0) is 4.79 Å². The Hall–Kier alpha value is -1.72. The zero-order valence-corrected chi connectivity index (χ0v) is 15.4. The van der Waals surface area contributed by atoms with Crippen LogP contribution >= 0.6 is 27.5 Å². The standard InChI is InChI=1S/C18H17BrClNO3/c1-11(24-17-5-3-2-4-14(17)20)18(22)21-15-8-9-23-16-7-6-12(19)10-13(15)16/h2-7,10-11,15H,8-9H2,1H3,(H,21,22). The minimum Gasteiger partial charge on any atom is -0.493 e. The molecule has 24 heavy (non-hydrogen) atoms. The molecule has 0 aliphatic carbocycles. The number of fused-ring (bicyclic) bond motifs is 1. The van der Waals surface area contributed by atoms with Crippen LogP contribution < -0.4 is 14.8 Å². The van der Waals surface area contributed by atoms with Crippen molar-refractivity contribution >= 4 is 33.4 Å². The number of hydrogen-bond donors (Lipinski definition) is 1. The molecule has 2 atom stereocenters. The number of amides is 1. The molecule has 2 unspecified atom stereocenters. The molecule has 2 aromatic carbocycles. The van der Waals surface area contributed by atoms with E-state index in [0.717, 1.165) is 15.8 Å². The molecule has 0 spiro atoms. The van der Waals surface area contributed by atoms with Crippen LogP contribution in [0.1, 0.15) is 24.9 Å². The quantitative estimate of drug-likeness (QED) is 0.807. The number of carbonyl (C=O) groups excluding carboxylic acids is 1. The maximum Gasteiger partial charge on any atom is 0.261 e. The van der Waals surface area contributed by atoms with Crippen molar-refractivity contribution in [3.63, 3.8) is 0 Å². The van der Waals surface area contributed by atoms with Crippen LogP contribution in [-0.4, -0.2) is 18.6 Å². The fraction of sp³-hybridized carbons (Fsp3) is 0.278. The first-order chi connectivity index (χ1) is 11.5. The second-order valence-corrected chi connectivity index (χ2v) is 6.89. The molecule has 126 valence electrons. The minimum absolute atomic E-state index is 0.101. The van der Waals surface area contributed by atoms with Crippen molar-refractivity contribution in [3.05, 3.63) is 57.5 Å². The van der Waals surface area contributed by atoms with Crippen LogP contribution in [0, 0.1) is 0 Å². The van der Waals surface area contributed by atoms with Crippen molar-refractivity contribution in [3.8, 4) is 11.5 Å². The molecule has 0 saturated carbocycles. The number of rotatable bonds is 4. The fourth-order valence-corrected chi connectivity index (χ4v) is 3.15. The summed E-state index contributed by atoms with van der Waals surface area (Å²) in [4.78, 5) is 12.5. The van der Waals surface area contributed by atoms with E-state index < -0.39 is 6.10 Å². The molecule has 0 fully saturated rings. The smallest absolute Gasteiger partial charge is 0.261 e. The molecule has 1 heterocycles. The lowest BCUT2D eigenvalue weighted by atomic mass is 10.0. The highest BCUT2D eigenvalue weighted by molar-refractivity contribution is 9.10. The molecule has 1 amide bonds. The van der Waals surface area contributed by atoms with E-state index >= 15 is 0 Å². The Morgan fingerprint density at radius 3 is 2.96 bits per heavy atom. The lowest BCUT2D eigenvalue weighted by Crippen LogP contribution is -2.40. The topological polar surface area (TPSA) is 47.6 Å². The summed E-state index contributed by atoms with van der Waals surface area (Å²) in [6.45, 7) is 2.28. The van der Waals surface area contributed by atoms with Gasteiger partial charge in [0.1, 0.15) is 11.5 Å². The van der Waals surface area contributed by atoms with Crippen LogP contribution in [0.15, 0.2) is 46.9 Å². The van der Waals surface area contributed by atoms with Gasteiger partial charge in [0, 0.05) is 16.5 Å². The normalized spacial score (nSPS) is 17.4. The molecule has 3 rings (SSSR count). The zero-order chi connectivity index (χ0) is 17.1. The third-order valence-electron chi connectivity index (χ3n) is 3.84. The van der Waals surface area contributed by atoms with Crippen molar-refractivity contribution in [1.29, 1.82) is 0 Å². The van der Waals surface area contributed by atoms with Crippen molar-refractivity contribution in [2.75, 3.05) is 6.61 Å². The monoisotopic (exact) mass is 409 g/mol. The van der Waals surface area contributed by atoms with E-state index in [1.54, 1.807) is 19.1 Å². The maximum atomic E-state index is 12.5. The van der Waals surface area contributed by atoms with E-state index in [1.165, 1.54) is 0 Å². The van der Waals surface area contributed by atoms with Gasteiger partial charge in [0.25, 0.3) is 5.91 Å². The third-order valence-corrected chi connectivity index (χ3v) is 4.64. The molecule has 1 aliphatic rings. The summed E-state index contributed by atoms with van der Waals surface area (Å²) < 4.78 is 12.3. The summed E-state index contributed by atoms with van der Waals surface area (Å²) in [5.74, 6) is 1.11. The first-order valence-electron chi connectivity index (χ1n) is 7.68. The third kappa shape index (κ3) is 3.84. The Morgan fingerprint density at radius 1 is 1.38 bits per heavy atom. The molecule has 1 N–H and O–H groups in total. The lowest BCUT2D eigenvalue weighted by molar-refractivity contribution is -0.128. The number of carbonyl (C=O) groups is 1. The van der Waals surface area contributed by atoms with Crippen LogP contribution in [0.5, 0.6) is 11.5 Å². The molecule has 0 aromatic heterocycles. The molecule has 2 aromatic rings. The zero-order valence-electron chi connectivity index (χ0n) is 13.1. The number of para-hydroxylation sites is 1. The Morgan fingerprint density at radius 2 is 2.17 bits per heavy atom. The number of nitrogens with one attached hydrogen (secondary N) is 1. The first-order valence-corrected chi connectivity index (χ1v) is 8.85. The predicted octanol–water partition coefficient (Wildman–Crippen LogP) is 4.51. The second kappa shape index (κ2) is 7.45. The average Bonchev–Trinajstić information content (AvgIpc) is 2.57. The second-order valence-electron chi connectivity index (χ2n) is 5.57. The first kappa shape index (κ1) is 17.1. The van der Waals surface area contributed by atoms with Crippen molar-refractivity contribution in [2.45, 2.75) is 25.5 Å². The van der Waals surface area contributed by atoms with E-state index in [0.29, 0.717) is 23.8 Å². The Kier molecular flexibility index (Phi) is 5.31. The number of halogens is 2. The highest BCUT2D eigenvalue weighted by Gasteiger charge is 2.26. The summed E-state index contributed by atoms with van der Waals surface area (Å²) in [6, 6.07) is 12.8. The molecule has 0 radical (unpaired) electrons. The van der Waals surface area contributed by atoms with Crippen molar-refractivity contribution < 1.29 is 14.3 Å². The van der Waals surface area contributed by atoms with Crippen LogP contribution in [0.4, 0.5) is 0 Å². The van der Waals surface area contributed by atoms with Gasteiger partial charge in [-0.2, -0.15) is 0 Å². The summed E-state index contributed by atoms with van der Waals surface area (Å²) >= 11 is 9.53. The number of hydrogen-bond acceptors (Lipinski definition) is 3. The van der Waals surface area contributed by atoms with Gasteiger partial charge in [-0.3, -0.25) is 4.79 Å². The maximum absolute atomic E-state index is 12.5. The van der Waals surface area contributed by atoms with Crippen LogP contribution in [0.25, 0.3) is 0 Å². The summed E-state index contributed by atoms with van der Waals surface area (Å²) in [7, 11) is 0. The Bertz CT molecular complexity index is 753. The van der Waals surface area contributed by atoms with Crippen LogP contribution in [0.3, 0.4) is 0 Å². The molecule has 4 nitrogen and oxygen atoms in total. The molecule has 0 saturated heterocycles. The fourth-order valence-electron chi connectivity index (χ4n) is 2.59. The largest absolute Gasteiger partial charge is 0.493 e. The van der Waals surface area contributed by atoms with Gasteiger partial charge in [-0.25, -0.2) is 0 Å². The summed E-state index contributed by atoms with van der Waals surface area (Å²) in [5, 5.41) is 3.52. The van der Waals surface area contributed by atoms with E-state index in [-0.39, 0.29) is 11.9 Å². The SMILES string of the molecule is CC(Oc1ccccc1Cl)C(=O)NC1CCOc2ccc(Br)cc21. The van der Waals surface area contributed by atoms with Gasteiger partial charge in [-0.15, -0.1) is 0 Å². The predicted molar refractivity (Wildman–Crippen MR) is 96.7 cm³/mol. The minimum atomic E-state index is -0.650. The van der Waals surface area contributed by atoms with Gasteiger partial charge < -0.3 is 14.8 Å². The average molecular weight is 411 g/mol. The van der Waals surface area contributed by atoms with E-state index in [1.807, 2.05) is 30.3 Å². The summed E-state index contributed by atoms with van der Waals surface area (Å²) in [6.07, 6.45) is 0.0666. The Labute approximate surface area is 154 Å². The van der Waals surface area contributed by atoms with Gasteiger partial charge in [-0.1, -0.05) is 39.7 Å². The van der Waals surface area contributed by atoms with Gasteiger partial charge in [0.2, 0.25) is 0 Å². The summed E-state index contributed by atoms with van der Waals surface area (Å²) in [5.41, 5.74) is 0.967. The van der Waals surface area contributed by atoms with Gasteiger partial charge >= 0.3 is 0 Å². The van der Waals surface area contributed by atoms with E-state index in [4.69, 9.17) is 21.1 Å². The number of ether oxygens (including phenoxy) is 2. The van der Waals surface area contributed by atoms with Crippen LogP contribution in [0.2, 0.25) is 5.02 Å². The highest BCUT2D eigenvalue weighted by atomic mass is 79.9. The van der Waals surface area contributed by atoms with Gasteiger partial charge in [0.05, 0.1) is 17.7 Å². The number of benzene rings is 2. The van der Waals surface area contributed by atoms with Gasteiger partial charge in [-0.05, 0) is 37.3 Å². The van der Waals surface area contributed by atoms with E-state index in [9.17, 15) is 4.79 Å². The lowest BCUT2D eigenvalue weighted by Gasteiger charge is -2.28. The highest BCUT2D eigenvalue weighted by Crippen LogP contribution is 2.34. The molecule has 6 heteroatoms. The van der Waals surface area contributed by atoms with Gasteiger partial charge in [0.15, 0.2) is 6.10 Å². The van der Waals surface area contributed by atoms with E-state index in [2.05, 4.69) is 21.2 Å². The molecule has 0 bridgehead atoms.